The molecule has 1 aliphatic rings. The number of hydrogen-bond donors (Lipinski definition) is 1. The molecule has 0 spiro atoms. The van der Waals surface area contributed by atoms with Gasteiger partial charge in [-0.25, -0.2) is 0 Å². The smallest absolute Gasteiger partial charge is 0.300 e. The first-order valence-electron chi connectivity index (χ1n) is 10.7. The van der Waals surface area contributed by atoms with Crippen molar-refractivity contribution in [3.8, 4) is 5.75 Å². The lowest BCUT2D eigenvalue weighted by Crippen LogP contribution is -2.29. The molecule has 4 rings (SSSR count). The molecule has 1 N–H and O–H groups in total. The fraction of sp³-hybridized carbons (Fsp3) is 0.185. The second-order valence-electron chi connectivity index (χ2n) is 8.29. The van der Waals surface area contributed by atoms with E-state index in [1.807, 2.05) is 30.3 Å². The molecule has 0 aromatic heterocycles. The molecule has 0 bridgehead atoms. The third kappa shape index (κ3) is 4.64. The number of Topliss-reactive ketones (excluding diaryl/α,β-unsaturated/α-hetero) is 1. The first kappa shape index (κ1) is 22.6. The van der Waals surface area contributed by atoms with Gasteiger partial charge in [0.15, 0.2) is 0 Å². The van der Waals surface area contributed by atoms with Crippen LogP contribution in [0.5, 0.6) is 5.75 Å². The predicted molar refractivity (Wildman–Crippen MR) is 129 cm³/mol. The first-order chi connectivity index (χ1) is 15.9. The maximum absolute atomic E-state index is 13.2. The van der Waals surface area contributed by atoms with Gasteiger partial charge >= 0.3 is 0 Å². The average molecular weight is 462 g/mol. The van der Waals surface area contributed by atoms with Gasteiger partial charge in [0.05, 0.1) is 18.2 Å². The van der Waals surface area contributed by atoms with Gasteiger partial charge in [0.1, 0.15) is 11.5 Å². The topological polar surface area (TPSA) is 66.8 Å². The molecule has 1 atom stereocenters. The van der Waals surface area contributed by atoms with Crippen molar-refractivity contribution in [1.29, 1.82) is 0 Å². The average Bonchev–Trinajstić information content (AvgIpc) is 3.08. The number of amides is 1. The summed E-state index contributed by atoms with van der Waals surface area (Å²) >= 11 is 6.16. The van der Waals surface area contributed by atoms with Crippen LogP contribution >= 0.6 is 11.6 Å². The van der Waals surface area contributed by atoms with Crippen molar-refractivity contribution in [2.24, 2.45) is 5.92 Å². The number of carbonyl (C=O) groups is 2. The predicted octanol–water partition coefficient (Wildman–Crippen LogP) is 6.00. The maximum atomic E-state index is 13.2. The Bertz CT molecular complexity index is 1200. The van der Waals surface area contributed by atoms with Crippen LogP contribution in [0.2, 0.25) is 5.02 Å². The minimum Gasteiger partial charge on any atom is -0.507 e. The van der Waals surface area contributed by atoms with Crippen molar-refractivity contribution in [2.75, 3.05) is 11.5 Å². The largest absolute Gasteiger partial charge is 0.507 e. The van der Waals surface area contributed by atoms with Crippen molar-refractivity contribution in [1.82, 2.24) is 0 Å². The molecule has 0 aliphatic carbocycles. The molecule has 0 radical (unpaired) electrons. The minimum absolute atomic E-state index is 0.0297. The van der Waals surface area contributed by atoms with Gasteiger partial charge in [-0.2, -0.15) is 0 Å². The number of halogens is 1. The van der Waals surface area contributed by atoms with Gasteiger partial charge < -0.3 is 9.84 Å². The SMILES string of the molecule is CC(C)COc1ccc(/C(O)=C2\C(=O)C(=O)N(c3cccc(Cl)c3)C2c2ccccc2)cc1. The van der Waals surface area contributed by atoms with E-state index in [0.29, 0.717) is 40.1 Å². The third-order valence-corrected chi connectivity index (χ3v) is 5.59. The fourth-order valence-corrected chi connectivity index (χ4v) is 3.99. The van der Waals surface area contributed by atoms with Crippen molar-refractivity contribution < 1.29 is 19.4 Å². The summed E-state index contributed by atoms with van der Waals surface area (Å²) in [7, 11) is 0. The second-order valence-corrected chi connectivity index (χ2v) is 8.73. The van der Waals surface area contributed by atoms with E-state index in [-0.39, 0.29) is 11.3 Å². The number of anilines is 1. The summed E-state index contributed by atoms with van der Waals surface area (Å²) in [6.45, 7) is 4.69. The van der Waals surface area contributed by atoms with Crippen molar-refractivity contribution >= 4 is 34.7 Å². The summed E-state index contributed by atoms with van der Waals surface area (Å²) in [6.07, 6.45) is 0. The van der Waals surface area contributed by atoms with Crippen LogP contribution in [0.25, 0.3) is 5.76 Å². The Balaban J connectivity index is 1.80. The molecule has 6 heteroatoms. The zero-order valence-electron chi connectivity index (χ0n) is 18.4. The number of nitrogens with zero attached hydrogens (tertiary/aromatic N) is 1. The highest BCUT2D eigenvalue weighted by molar-refractivity contribution is 6.51. The molecule has 1 heterocycles. The molecular weight excluding hydrogens is 438 g/mol. The van der Waals surface area contributed by atoms with Crippen LogP contribution in [0, 0.1) is 5.92 Å². The Hall–Kier alpha value is -3.57. The van der Waals surface area contributed by atoms with E-state index < -0.39 is 17.7 Å². The Labute approximate surface area is 197 Å². The number of ether oxygens (including phenoxy) is 1. The van der Waals surface area contributed by atoms with Crippen LogP contribution in [0.15, 0.2) is 84.4 Å². The second kappa shape index (κ2) is 9.51. The molecule has 1 saturated heterocycles. The van der Waals surface area contributed by atoms with Gasteiger partial charge in [-0.3, -0.25) is 14.5 Å². The van der Waals surface area contributed by atoms with Gasteiger partial charge in [-0.15, -0.1) is 0 Å². The molecule has 33 heavy (non-hydrogen) atoms. The van der Waals surface area contributed by atoms with E-state index in [2.05, 4.69) is 13.8 Å². The minimum atomic E-state index is -0.790. The first-order valence-corrected chi connectivity index (χ1v) is 11.1. The normalized spacial score (nSPS) is 17.6. The number of aliphatic hydroxyl groups excluding tert-OH is 1. The van der Waals surface area contributed by atoms with E-state index in [1.165, 1.54) is 4.90 Å². The Morgan fingerprint density at radius 1 is 1.00 bits per heavy atom. The molecule has 0 saturated carbocycles. The fourth-order valence-electron chi connectivity index (χ4n) is 3.80. The quantitative estimate of drug-likeness (QED) is 0.277. The number of rotatable bonds is 6. The molecule has 1 amide bonds. The summed E-state index contributed by atoms with van der Waals surface area (Å²) < 4.78 is 5.70. The summed E-state index contributed by atoms with van der Waals surface area (Å²) in [5.74, 6) is -0.654. The Kier molecular flexibility index (Phi) is 6.52. The summed E-state index contributed by atoms with van der Waals surface area (Å²) in [5.41, 5.74) is 1.64. The van der Waals surface area contributed by atoms with E-state index >= 15 is 0 Å². The number of ketones is 1. The molecule has 168 valence electrons. The van der Waals surface area contributed by atoms with Crippen molar-refractivity contribution in [3.05, 3.63) is 101 Å². The van der Waals surface area contributed by atoms with Crippen molar-refractivity contribution in [3.63, 3.8) is 0 Å². The molecule has 1 aliphatic heterocycles. The van der Waals surface area contributed by atoms with Gasteiger partial charge in [0, 0.05) is 16.3 Å². The molecule has 3 aromatic rings. The van der Waals surface area contributed by atoms with Crippen LogP contribution in [-0.4, -0.2) is 23.4 Å². The Morgan fingerprint density at radius 3 is 2.33 bits per heavy atom. The summed E-state index contributed by atoms with van der Waals surface area (Å²) in [6, 6.07) is 22.0. The molecule has 3 aromatic carbocycles. The highest BCUT2D eigenvalue weighted by atomic mass is 35.5. The monoisotopic (exact) mass is 461 g/mol. The van der Waals surface area contributed by atoms with E-state index in [9.17, 15) is 14.7 Å². The Morgan fingerprint density at radius 2 is 1.70 bits per heavy atom. The van der Waals surface area contributed by atoms with Crippen LogP contribution < -0.4 is 9.64 Å². The number of benzene rings is 3. The van der Waals surface area contributed by atoms with E-state index in [0.717, 1.165) is 0 Å². The summed E-state index contributed by atoms with van der Waals surface area (Å²) in [5, 5.41) is 11.6. The van der Waals surface area contributed by atoms with Crippen LogP contribution in [-0.2, 0) is 9.59 Å². The van der Waals surface area contributed by atoms with Crippen molar-refractivity contribution in [2.45, 2.75) is 19.9 Å². The maximum Gasteiger partial charge on any atom is 0.300 e. The zero-order valence-corrected chi connectivity index (χ0v) is 19.1. The van der Waals surface area contributed by atoms with Gasteiger partial charge in [-0.1, -0.05) is 61.8 Å². The lowest BCUT2D eigenvalue weighted by atomic mass is 9.95. The molecular formula is C27H24ClNO4. The van der Waals surface area contributed by atoms with Gasteiger partial charge in [-0.05, 0) is 53.9 Å². The lowest BCUT2D eigenvalue weighted by molar-refractivity contribution is -0.132. The number of carbonyl (C=O) groups excluding carboxylic acids is 2. The highest BCUT2D eigenvalue weighted by Crippen LogP contribution is 2.42. The molecule has 1 unspecified atom stereocenters. The van der Waals surface area contributed by atoms with Crippen LogP contribution in [0.4, 0.5) is 5.69 Å². The third-order valence-electron chi connectivity index (χ3n) is 5.36. The van der Waals surface area contributed by atoms with E-state index in [4.69, 9.17) is 16.3 Å². The summed E-state index contributed by atoms with van der Waals surface area (Å²) in [4.78, 5) is 27.7. The zero-order chi connectivity index (χ0) is 23.5. The number of hydrogen-bond acceptors (Lipinski definition) is 4. The highest BCUT2D eigenvalue weighted by Gasteiger charge is 2.46. The van der Waals surface area contributed by atoms with Crippen LogP contribution in [0.3, 0.4) is 0 Å². The van der Waals surface area contributed by atoms with E-state index in [1.54, 1.807) is 48.5 Å². The molecule has 1 fully saturated rings. The number of aliphatic hydroxyl groups is 1. The standard InChI is InChI=1S/C27H24ClNO4/c1-17(2)16-33-22-13-11-19(12-14-22)25(30)23-24(18-7-4-3-5-8-18)29(27(32)26(23)31)21-10-6-9-20(28)15-21/h3-15,17,24,30H,16H2,1-2H3/b25-23+. The molecule has 5 nitrogen and oxygen atoms in total. The lowest BCUT2D eigenvalue weighted by Gasteiger charge is -2.25. The van der Waals surface area contributed by atoms with Gasteiger partial charge in [0.2, 0.25) is 0 Å². The van der Waals surface area contributed by atoms with Crippen LogP contribution in [0.1, 0.15) is 31.0 Å². The van der Waals surface area contributed by atoms with Gasteiger partial charge in [0.25, 0.3) is 11.7 Å².